The van der Waals surface area contributed by atoms with Gasteiger partial charge in [0.2, 0.25) is 5.91 Å². The van der Waals surface area contributed by atoms with Gasteiger partial charge in [-0.25, -0.2) is 4.98 Å². The zero-order valence-electron chi connectivity index (χ0n) is 15.1. The average molecular weight is 367 g/mol. The summed E-state index contributed by atoms with van der Waals surface area (Å²) in [6.45, 7) is 1.40. The van der Waals surface area contributed by atoms with Crippen molar-refractivity contribution in [2.45, 2.75) is 25.3 Å². The minimum absolute atomic E-state index is 0.0385. The van der Waals surface area contributed by atoms with Gasteiger partial charge in [-0.05, 0) is 36.4 Å². The number of piperidine rings is 1. The molecule has 0 aliphatic carbocycles. The van der Waals surface area contributed by atoms with Crippen LogP contribution >= 0.6 is 0 Å². The molecule has 3 rings (SSSR count). The molecule has 1 saturated heterocycles. The summed E-state index contributed by atoms with van der Waals surface area (Å²) in [7, 11) is 1.49. The van der Waals surface area contributed by atoms with Crippen LogP contribution in [0, 0.1) is 11.3 Å². The van der Waals surface area contributed by atoms with Crippen LogP contribution in [-0.2, 0) is 4.79 Å². The Kier molecular flexibility index (Phi) is 5.41. The van der Waals surface area contributed by atoms with Crippen LogP contribution in [-0.4, -0.2) is 43.0 Å². The normalized spacial score (nSPS) is 16.6. The maximum atomic E-state index is 11.7. The molecule has 1 aliphatic rings. The van der Waals surface area contributed by atoms with E-state index in [4.69, 9.17) is 15.7 Å². The number of fused-ring (bicyclic) bond motifs is 1. The van der Waals surface area contributed by atoms with Crippen LogP contribution in [0.25, 0.3) is 10.8 Å². The summed E-state index contributed by atoms with van der Waals surface area (Å²) in [5.74, 6) is 0.356. The van der Waals surface area contributed by atoms with Gasteiger partial charge in [0.05, 0.1) is 18.7 Å². The van der Waals surface area contributed by atoms with E-state index in [-0.39, 0.29) is 18.4 Å². The first-order valence-electron chi connectivity index (χ1n) is 8.71. The molecule has 1 aromatic heterocycles. The van der Waals surface area contributed by atoms with Crippen molar-refractivity contribution in [3.63, 3.8) is 0 Å². The Labute approximate surface area is 156 Å². The van der Waals surface area contributed by atoms with E-state index >= 15 is 0 Å². The van der Waals surface area contributed by atoms with Crippen molar-refractivity contribution in [2.24, 2.45) is 5.73 Å². The minimum atomic E-state index is -0.551. The quantitative estimate of drug-likeness (QED) is 0.822. The number of primary amides is 1. The minimum Gasteiger partial charge on any atom is -0.496 e. The van der Waals surface area contributed by atoms with Gasteiger partial charge in [0.1, 0.15) is 18.0 Å². The number of nitriles is 1. The molecule has 2 amide bonds. The second-order valence-corrected chi connectivity index (χ2v) is 6.46. The Morgan fingerprint density at radius 1 is 1.48 bits per heavy atom. The molecular formula is C19H21N5O3. The van der Waals surface area contributed by atoms with Crippen molar-refractivity contribution in [1.82, 2.24) is 10.3 Å². The van der Waals surface area contributed by atoms with Crippen molar-refractivity contribution in [1.29, 1.82) is 5.26 Å². The summed E-state index contributed by atoms with van der Waals surface area (Å²) in [6.07, 6.45) is 3.29. The maximum absolute atomic E-state index is 11.7. The van der Waals surface area contributed by atoms with Gasteiger partial charge in [0.15, 0.2) is 0 Å². The Morgan fingerprint density at radius 3 is 3.00 bits per heavy atom. The molecule has 8 heteroatoms. The molecule has 1 fully saturated rings. The number of carbonyl (C=O) groups is 2. The molecule has 1 unspecified atom stereocenters. The van der Waals surface area contributed by atoms with E-state index in [1.54, 1.807) is 18.3 Å². The van der Waals surface area contributed by atoms with Gasteiger partial charge in [0.25, 0.3) is 5.91 Å². The number of anilines is 1. The number of carbonyl (C=O) groups excluding carboxylic acids is 2. The summed E-state index contributed by atoms with van der Waals surface area (Å²) >= 11 is 0. The van der Waals surface area contributed by atoms with Crippen molar-refractivity contribution < 1.29 is 14.3 Å². The lowest BCUT2D eigenvalue weighted by molar-refractivity contribution is -0.120. The van der Waals surface area contributed by atoms with E-state index in [2.05, 4.69) is 15.2 Å². The molecule has 0 radical (unpaired) electrons. The molecule has 2 aromatic rings. The number of nitrogens with zero attached hydrogens (tertiary/aromatic N) is 3. The van der Waals surface area contributed by atoms with Gasteiger partial charge in [-0.15, -0.1) is 0 Å². The standard InChI is InChI=1S/C19H21N5O3/c1-27-16-10-14-12(9-15(16)18(21)26)5-7-22-19(14)24-8-2-3-13(11-24)23-17(25)4-6-20/h5,7,9-10,13H,2-4,8,11H2,1H3,(H2,21,26)(H,23,25). The van der Waals surface area contributed by atoms with Gasteiger partial charge in [-0.3, -0.25) is 9.59 Å². The predicted molar refractivity (Wildman–Crippen MR) is 100 cm³/mol. The zero-order chi connectivity index (χ0) is 19.4. The lowest BCUT2D eigenvalue weighted by Crippen LogP contribution is -2.48. The fourth-order valence-electron chi connectivity index (χ4n) is 3.44. The maximum Gasteiger partial charge on any atom is 0.252 e. The topological polar surface area (TPSA) is 121 Å². The van der Waals surface area contributed by atoms with Gasteiger partial charge in [-0.1, -0.05) is 0 Å². The van der Waals surface area contributed by atoms with E-state index in [9.17, 15) is 9.59 Å². The Balaban J connectivity index is 1.93. The molecule has 0 spiro atoms. The molecule has 8 nitrogen and oxygen atoms in total. The predicted octanol–water partition coefficient (Wildman–Crippen LogP) is 1.34. The lowest BCUT2D eigenvalue weighted by atomic mass is 10.0. The van der Waals surface area contributed by atoms with Crippen LogP contribution in [0.3, 0.4) is 0 Å². The van der Waals surface area contributed by atoms with Crippen LogP contribution in [0.1, 0.15) is 29.6 Å². The molecule has 1 atom stereocenters. The highest BCUT2D eigenvalue weighted by Gasteiger charge is 2.24. The summed E-state index contributed by atoms with van der Waals surface area (Å²) in [5, 5.41) is 13.2. The molecule has 0 bridgehead atoms. The number of pyridine rings is 1. The molecular weight excluding hydrogens is 346 g/mol. The Morgan fingerprint density at radius 2 is 2.30 bits per heavy atom. The summed E-state index contributed by atoms with van der Waals surface area (Å²) < 4.78 is 5.32. The molecule has 2 heterocycles. The average Bonchev–Trinajstić information content (AvgIpc) is 2.66. The smallest absolute Gasteiger partial charge is 0.252 e. The second-order valence-electron chi connectivity index (χ2n) is 6.46. The Hall–Kier alpha value is -3.34. The number of nitrogens with two attached hydrogens (primary N) is 1. The fraction of sp³-hybridized carbons (Fsp3) is 0.368. The van der Waals surface area contributed by atoms with Crippen LogP contribution in [0.15, 0.2) is 24.4 Å². The summed E-state index contributed by atoms with van der Waals surface area (Å²) in [5.41, 5.74) is 5.76. The number of amides is 2. The number of benzene rings is 1. The highest BCUT2D eigenvalue weighted by molar-refractivity contribution is 6.03. The first-order chi connectivity index (χ1) is 13.0. The highest BCUT2D eigenvalue weighted by atomic mass is 16.5. The first-order valence-corrected chi connectivity index (χ1v) is 8.71. The summed E-state index contributed by atoms with van der Waals surface area (Å²) in [4.78, 5) is 30.0. The van der Waals surface area contributed by atoms with Crippen molar-refractivity contribution >= 4 is 28.4 Å². The summed E-state index contributed by atoms with van der Waals surface area (Å²) in [6, 6.07) is 7.12. The molecule has 0 saturated carbocycles. The van der Waals surface area contributed by atoms with Gasteiger partial charge in [0, 0.05) is 30.7 Å². The molecule has 3 N–H and O–H groups in total. The van der Waals surface area contributed by atoms with E-state index < -0.39 is 5.91 Å². The van der Waals surface area contributed by atoms with Crippen molar-refractivity contribution in [2.75, 3.05) is 25.1 Å². The van der Waals surface area contributed by atoms with Gasteiger partial charge in [-0.2, -0.15) is 5.26 Å². The van der Waals surface area contributed by atoms with E-state index in [0.29, 0.717) is 17.9 Å². The molecule has 27 heavy (non-hydrogen) atoms. The Bertz CT molecular complexity index is 921. The number of ether oxygens (including phenoxy) is 1. The first kappa shape index (κ1) is 18.5. The number of nitrogens with one attached hydrogen (secondary N) is 1. The van der Waals surface area contributed by atoms with E-state index in [0.717, 1.165) is 36.0 Å². The zero-order valence-corrected chi connectivity index (χ0v) is 15.1. The second kappa shape index (κ2) is 7.91. The van der Waals surface area contributed by atoms with Crippen LogP contribution < -0.4 is 20.7 Å². The van der Waals surface area contributed by atoms with E-state index in [1.165, 1.54) is 7.11 Å². The SMILES string of the molecule is COc1cc2c(N3CCCC(NC(=O)CC#N)C3)nccc2cc1C(N)=O. The van der Waals surface area contributed by atoms with E-state index in [1.807, 2.05) is 12.1 Å². The monoisotopic (exact) mass is 367 g/mol. The number of aromatic nitrogens is 1. The van der Waals surface area contributed by atoms with Crippen molar-refractivity contribution in [3.05, 3.63) is 30.0 Å². The molecule has 1 aromatic carbocycles. The van der Waals surface area contributed by atoms with Crippen LogP contribution in [0.5, 0.6) is 5.75 Å². The number of rotatable bonds is 5. The number of hydrogen-bond acceptors (Lipinski definition) is 6. The third-order valence-corrected chi connectivity index (χ3v) is 4.65. The van der Waals surface area contributed by atoms with Crippen molar-refractivity contribution in [3.8, 4) is 11.8 Å². The van der Waals surface area contributed by atoms with Crippen LogP contribution in [0.4, 0.5) is 5.82 Å². The fourth-order valence-corrected chi connectivity index (χ4v) is 3.44. The lowest BCUT2D eigenvalue weighted by Gasteiger charge is -2.34. The number of hydrogen-bond donors (Lipinski definition) is 2. The number of methoxy groups -OCH3 is 1. The third kappa shape index (κ3) is 3.92. The molecule has 1 aliphatic heterocycles. The van der Waals surface area contributed by atoms with Gasteiger partial charge >= 0.3 is 0 Å². The largest absolute Gasteiger partial charge is 0.496 e. The molecule has 140 valence electrons. The third-order valence-electron chi connectivity index (χ3n) is 4.65. The van der Waals surface area contributed by atoms with Crippen LogP contribution in [0.2, 0.25) is 0 Å². The highest BCUT2D eigenvalue weighted by Crippen LogP contribution is 2.32. The van der Waals surface area contributed by atoms with Gasteiger partial charge < -0.3 is 20.7 Å².